The van der Waals surface area contributed by atoms with Crippen molar-refractivity contribution in [2.75, 3.05) is 33.2 Å². The Labute approximate surface area is 141 Å². The van der Waals surface area contributed by atoms with Crippen LogP contribution >= 0.6 is 0 Å². The molecule has 2 rings (SSSR count). The number of hydrogen-bond acceptors (Lipinski definition) is 5. The summed E-state index contributed by atoms with van der Waals surface area (Å²) in [5.41, 5.74) is 2.31. The van der Waals surface area contributed by atoms with Crippen LogP contribution in [-0.4, -0.2) is 33.8 Å². The van der Waals surface area contributed by atoms with E-state index in [4.69, 9.17) is 14.2 Å². The van der Waals surface area contributed by atoms with Gasteiger partial charge in [0.05, 0.1) is 26.9 Å². The number of ether oxygens (including phenoxy) is 3. The zero-order valence-electron chi connectivity index (χ0n) is 14.0. The zero-order chi connectivity index (χ0) is 17.4. The van der Waals surface area contributed by atoms with Crippen molar-refractivity contribution in [1.29, 1.82) is 0 Å². The van der Waals surface area contributed by atoms with Gasteiger partial charge in [-0.3, -0.25) is 0 Å². The average Bonchev–Trinajstić information content (AvgIpc) is 2.65. The number of benzene rings is 2. The monoisotopic (exact) mass is 327 g/mol. The molecule has 2 aromatic rings. The summed E-state index contributed by atoms with van der Waals surface area (Å²) in [6.07, 6.45) is 1.79. The van der Waals surface area contributed by atoms with E-state index < -0.39 is 0 Å². The lowest BCUT2D eigenvalue weighted by Gasteiger charge is -2.10. The standard InChI is InChI=1S/C19H21NO4/c1-22-17-8-4-14(5-9-17)12-15(19(21)24-3)13-20-16-6-10-18(23-2)11-7-16/h4-12,20H,13H2,1-3H3/b15-12+. The Hall–Kier alpha value is -2.95. The quantitative estimate of drug-likeness (QED) is 0.624. The molecule has 0 unspecified atom stereocenters. The highest BCUT2D eigenvalue weighted by Crippen LogP contribution is 2.17. The Balaban J connectivity index is 2.11. The molecule has 0 amide bonds. The third kappa shape index (κ3) is 4.78. The van der Waals surface area contributed by atoms with Gasteiger partial charge in [0.25, 0.3) is 0 Å². The van der Waals surface area contributed by atoms with Gasteiger partial charge in [-0.2, -0.15) is 0 Å². The van der Waals surface area contributed by atoms with Crippen molar-refractivity contribution in [2.45, 2.75) is 0 Å². The van der Waals surface area contributed by atoms with Gasteiger partial charge in [0.15, 0.2) is 0 Å². The summed E-state index contributed by atoms with van der Waals surface area (Å²) in [5, 5.41) is 3.20. The second-order valence-corrected chi connectivity index (χ2v) is 5.02. The molecule has 126 valence electrons. The van der Waals surface area contributed by atoms with Crippen molar-refractivity contribution in [3.63, 3.8) is 0 Å². The van der Waals surface area contributed by atoms with Crippen LogP contribution in [0.3, 0.4) is 0 Å². The molecule has 1 N–H and O–H groups in total. The van der Waals surface area contributed by atoms with Crippen LogP contribution in [0.2, 0.25) is 0 Å². The molecule has 2 aromatic carbocycles. The minimum Gasteiger partial charge on any atom is -0.497 e. The molecule has 0 fully saturated rings. The molecule has 0 spiro atoms. The molecule has 5 heteroatoms. The summed E-state index contributed by atoms with van der Waals surface area (Å²) in [6.45, 7) is 0.352. The van der Waals surface area contributed by atoms with Crippen molar-refractivity contribution >= 4 is 17.7 Å². The molecule has 0 aromatic heterocycles. The first-order valence-corrected chi connectivity index (χ1v) is 7.47. The Kier molecular flexibility index (Phi) is 6.25. The molecule has 0 bridgehead atoms. The van der Waals surface area contributed by atoms with Crippen LogP contribution in [0.5, 0.6) is 11.5 Å². The molecule has 0 saturated carbocycles. The van der Waals surface area contributed by atoms with Gasteiger partial charge in [-0.05, 0) is 48.0 Å². The van der Waals surface area contributed by atoms with Gasteiger partial charge in [-0.25, -0.2) is 4.79 Å². The Morgan fingerprint density at radius 3 is 1.96 bits per heavy atom. The molecule has 0 aliphatic rings. The molecule has 0 saturated heterocycles. The summed E-state index contributed by atoms with van der Waals surface area (Å²) in [5.74, 6) is 1.18. The van der Waals surface area contributed by atoms with Gasteiger partial charge in [0.1, 0.15) is 11.5 Å². The fourth-order valence-corrected chi connectivity index (χ4v) is 2.12. The summed E-state index contributed by atoms with van der Waals surface area (Å²) in [4.78, 5) is 12.0. The molecule has 0 aliphatic heterocycles. The normalized spacial score (nSPS) is 10.9. The second-order valence-electron chi connectivity index (χ2n) is 5.02. The van der Waals surface area contributed by atoms with Crippen molar-refractivity contribution in [2.24, 2.45) is 0 Å². The zero-order valence-corrected chi connectivity index (χ0v) is 14.0. The van der Waals surface area contributed by atoms with Crippen LogP contribution in [0.4, 0.5) is 5.69 Å². The third-order valence-corrected chi connectivity index (χ3v) is 3.48. The van der Waals surface area contributed by atoms with Crippen LogP contribution in [0, 0.1) is 0 Å². The van der Waals surface area contributed by atoms with Crippen molar-refractivity contribution < 1.29 is 19.0 Å². The number of methoxy groups -OCH3 is 3. The SMILES string of the molecule is COC(=O)/C(=C/c1ccc(OC)cc1)CNc1ccc(OC)cc1. The second kappa shape index (κ2) is 8.62. The van der Waals surface area contributed by atoms with Crippen molar-refractivity contribution in [3.05, 3.63) is 59.7 Å². The first kappa shape index (κ1) is 17.4. The van der Waals surface area contributed by atoms with Crippen molar-refractivity contribution in [3.8, 4) is 11.5 Å². The highest BCUT2D eigenvalue weighted by Gasteiger charge is 2.10. The maximum absolute atomic E-state index is 12.0. The molecule has 0 aliphatic carbocycles. The van der Waals surface area contributed by atoms with Gasteiger partial charge < -0.3 is 19.5 Å². The number of hydrogen-bond donors (Lipinski definition) is 1. The first-order valence-electron chi connectivity index (χ1n) is 7.47. The van der Waals surface area contributed by atoms with E-state index in [0.717, 1.165) is 22.7 Å². The van der Waals surface area contributed by atoms with Crippen LogP contribution in [0.1, 0.15) is 5.56 Å². The molecule has 0 heterocycles. The van der Waals surface area contributed by atoms with Crippen LogP contribution in [0.15, 0.2) is 54.1 Å². The highest BCUT2D eigenvalue weighted by molar-refractivity contribution is 5.94. The number of esters is 1. The topological polar surface area (TPSA) is 56.8 Å². The van der Waals surface area contributed by atoms with E-state index >= 15 is 0 Å². The van der Waals surface area contributed by atoms with Crippen LogP contribution in [-0.2, 0) is 9.53 Å². The van der Waals surface area contributed by atoms with Gasteiger partial charge >= 0.3 is 5.97 Å². The van der Waals surface area contributed by atoms with Crippen LogP contribution < -0.4 is 14.8 Å². The summed E-state index contributed by atoms with van der Waals surface area (Å²) in [6, 6.07) is 14.9. The maximum atomic E-state index is 12.0. The van der Waals surface area contributed by atoms with E-state index in [9.17, 15) is 4.79 Å². The van der Waals surface area contributed by atoms with Gasteiger partial charge in [-0.1, -0.05) is 12.1 Å². The Morgan fingerprint density at radius 2 is 1.46 bits per heavy atom. The van der Waals surface area contributed by atoms with E-state index in [0.29, 0.717) is 12.1 Å². The van der Waals surface area contributed by atoms with Gasteiger partial charge in [0.2, 0.25) is 0 Å². The number of rotatable bonds is 7. The lowest BCUT2D eigenvalue weighted by Crippen LogP contribution is -2.14. The number of nitrogens with one attached hydrogen (secondary N) is 1. The minimum absolute atomic E-state index is 0.352. The average molecular weight is 327 g/mol. The van der Waals surface area contributed by atoms with Gasteiger partial charge in [-0.15, -0.1) is 0 Å². The largest absolute Gasteiger partial charge is 0.497 e. The predicted octanol–water partition coefficient (Wildman–Crippen LogP) is 3.37. The van der Waals surface area contributed by atoms with E-state index in [2.05, 4.69) is 5.32 Å². The van der Waals surface area contributed by atoms with E-state index in [1.807, 2.05) is 48.5 Å². The smallest absolute Gasteiger partial charge is 0.335 e. The highest BCUT2D eigenvalue weighted by atomic mass is 16.5. The first-order chi connectivity index (χ1) is 11.7. The Morgan fingerprint density at radius 1 is 0.917 bits per heavy atom. The van der Waals surface area contributed by atoms with E-state index in [1.54, 1.807) is 20.3 Å². The summed E-state index contributed by atoms with van der Waals surface area (Å²) < 4.78 is 15.1. The fraction of sp³-hybridized carbons (Fsp3) is 0.211. The summed E-state index contributed by atoms with van der Waals surface area (Å²) in [7, 11) is 4.61. The summed E-state index contributed by atoms with van der Waals surface area (Å²) >= 11 is 0. The molecule has 0 radical (unpaired) electrons. The lowest BCUT2D eigenvalue weighted by atomic mass is 10.1. The van der Waals surface area contributed by atoms with E-state index in [1.165, 1.54) is 7.11 Å². The molecule has 24 heavy (non-hydrogen) atoms. The third-order valence-electron chi connectivity index (χ3n) is 3.48. The van der Waals surface area contributed by atoms with Crippen LogP contribution in [0.25, 0.3) is 6.08 Å². The maximum Gasteiger partial charge on any atom is 0.335 e. The van der Waals surface area contributed by atoms with E-state index in [-0.39, 0.29) is 5.97 Å². The molecule has 5 nitrogen and oxygen atoms in total. The number of anilines is 1. The number of carbonyl (C=O) groups excluding carboxylic acids is 1. The predicted molar refractivity (Wildman–Crippen MR) is 94.5 cm³/mol. The van der Waals surface area contributed by atoms with Crippen molar-refractivity contribution in [1.82, 2.24) is 0 Å². The fourth-order valence-electron chi connectivity index (χ4n) is 2.12. The lowest BCUT2D eigenvalue weighted by molar-refractivity contribution is -0.135. The Bertz CT molecular complexity index is 690. The molecular formula is C19H21NO4. The minimum atomic E-state index is -0.369. The molecular weight excluding hydrogens is 306 g/mol. The molecule has 0 atom stereocenters. The number of carbonyl (C=O) groups is 1. The van der Waals surface area contributed by atoms with Gasteiger partial charge in [0, 0.05) is 12.2 Å².